The lowest BCUT2D eigenvalue weighted by molar-refractivity contribution is -0.118. The molecule has 2 aromatic heterocycles. The number of aliphatic hydroxyl groups is 1. The van der Waals surface area contributed by atoms with Crippen LogP contribution in [0.4, 0.5) is 20.3 Å². The highest BCUT2D eigenvalue weighted by Gasteiger charge is 2.47. The van der Waals surface area contributed by atoms with E-state index >= 15 is 4.39 Å². The monoisotopic (exact) mass is 670 g/mol. The second kappa shape index (κ2) is 13.9. The number of fused-ring (bicyclic) bond motifs is 1. The largest absolute Gasteiger partial charge is 0.457 e. The van der Waals surface area contributed by atoms with E-state index in [0.717, 1.165) is 31.7 Å². The van der Waals surface area contributed by atoms with Gasteiger partial charge in [-0.3, -0.25) is 19.0 Å². The van der Waals surface area contributed by atoms with Crippen molar-refractivity contribution in [3.63, 3.8) is 0 Å². The number of aliphatic hydroxyl groups excluding tert-OH is 1. The third kappa shape index (κ3) is 7.57. The van der Waals surface area contributed by atoms with E-state index in [1.165, 1.54) is 65.5 Å². The predicted octanol–water partition coefficient (Wildman–Crippen LogP) is 7.34. The number of pyridine rings is 2. The summed E-state index contributed by atoms with van der Waals surface area (Å²) < 4.78 is 35.4. The molecule has 11 heteroatoms. The molecular formula is C38H40F2N4O5. The lowest BCUT2D eigenvalue weighted by Gasteiger charge is -2.38. The number of rotatable bonds is 10. The van der Waals surface area contributed by atoms with E-state index in [-0.39, 0.29) is 40.3 Å². The molecule has 256 valence electrons. The van der Waals surface area contributed by atoms with Gasteiger partial charge in [-0.05, 0) is 109 Å². The average Bonchev–Trinajstić information content (AvgIpc) is 3.61. The van der Waals surface area contributed by atoms with Crippen molar-refractivity contribution < 1.29 is 28.2 Å². The van der Waals surface area contributed by atoms with Gasteiger partial charge in [0.2, 0.25) is 5.91 Å². The Balaban J connectivity index is 1.05. The molecule has 0 aliphatic heterocycles. The Morgan fingerprint density at radius 2 is 1.67 bits per heavy atom. The van der Waals surface area contributed by atoms with Crippen molar-refractivity contribution in [3.05, 3.63) is 107 Å². The second-order valence-corrected chi connectivity index (χ2v) is 13.9. The average molecular weight is 671 g/mol. The van der Waals surface area contributed by atoms with Gasteiger partial charge in [-0.1, -0.05) is 20.8 Å². The molecule has 2 heterocycles. The summed E-state index contributed by atoms with van der Waals surface area (Å²) in [6.45, 7) is 6.59. The number of hydrogen-bond acceptors (Lipinski definition) is 6. The SMILES string of the molecule is CC(CC(=O)Nc1cc(Oc2ccc(NC(=O)c3cccn(-c4ccc(F)cc4)c3=O)c(F)c2)ccn1)C(C)(C)C1C[C@H]2CC(O)C[C@H]2C1. The molecule has 2 amide bonds. The van der Waals surface area contributed by atoms with Crippen LogP contribution >= 0.6 is 0 Å². The minimum atomic E-state index is -0.813. The summed E-state index contributed by atoms with van der Waals surface area (Å²) in [4.78, 5) is 43.2. The number of nitrogens with zero attached hydrogens (tertiary/aromatic N) is 2. The van der Waals surface area contributed by atoms with Gasteiger partial charge < -0.3 is 20.5 Å². The highest BCUT2D eigenvalue weighted by atomic mass is 19.1. The molecule has 0 radical (unpaired) electrons. The smallest absolute Gasteiger partial charge is 0.267 e. The van der Waals surface area contributed by atoms with Gasteiger partial charge >= 0.3 is 0 Å². The van der Waals surface area contributed by atoms with Crippen molar-refractivity contribution in [3.8, 4) is 17.2 Å². The molecular weight excluding hydrogens is 630 g/mol. The van der Waals surface area contributed by atoms with Crippen molar-refractivity contribution in [2.24, 2.45) is 29.1 Å². The number of benzene rings is 2. The summed E-state index contributed by atoms with van der Waals surface area (Å²) in [5, 5.41) is 15.3. The number of nitrogens with one attached hydrogen (secondary N) is 2. The van der Waals surface area contributed by atoms with Gasteiger partial charge in [-0.25, -0.2) is 13.8 Å². The minimum absolute atomic E-state index is 0.0367. The number of anilines is 2. The number of ether oxygens (including phenoxy) is 1. The fourth-order valence-electron chi connectivity index (χ4n) is 7.33. The fourth-order valence-corrected chi connectivity index (χ4v) is 7.33. The van der Waals surface area contributed by atoms with Crippen LogP contribution in [0.1, 0.15) is 63.2 Å². The van der Waals surface area contributed by atoms with E-state index in [1.807, 2.05) is 0 Å². The van der Waals surface area contributed by atoms with Gasteiger partial charge in [0.25, 0.3) is 11.5 Å². The van der Waals surface area contributed by atoms with Crippen LogP contribution in [0, 0.1) is 40.7 Å². The van der Waals surface area contributed by atoms with Crippen molar-refractivity contribution in [1.82, 2.24) is 9.55 Å². The van der Waals surface area contributed by atoms with E-state index in [4.69, 9.17) is 4.74 Å². The molecule has 3 unspecified atom stereocenters. The van der Waals surface area contributed by atoms with Crippen molar-refractivity contribution in [2.75, 3.05) is 10.6 Å². The van der Waals surface area contributed by atoms with Gasteiger partial charge in [0.15, 0.2) is 0 Å². The second-order valence-electron chi connectivity index (χ2n) is 13.9. The van der Waals surface area contributed by atoms with Gasteiger partial charge in [0, 0.05) is 36.6 Å². The first-order valence-corrected chi connectivity index (χ1v) is 16.6. The molecule has 49 heavy (non-hydrogen) atoms. The number of carbonyl (C=O) groups excluding carboxylic acids is 2. The highest BCUT2D eigenvalue weighted by molar-refractivity contribution is 6.04. The lowest BCUT2D eigenvalue weighted by atomic mass is 9.67. The molecule has 2 aromatic carbocycles. The lowest BCUT2D eigenvalue weighted by Crippen LogP contribution is -2.33. The zero-order chi connectivity index (χ0) is 34.9. The van der Waals surface area contributed by atoms with Crippen LogP contribution in [-0.2, 0) is 4.79 Å². The first kappa shape index (κ1) is 34.0. The summed E-state index contributed by atoms with van der Waals surface area (Å²) in [6, 6.07) is 15.0. The van der Waals surface area contributed by atoms with Gasteiger partial charge in [-0.15, -0.1) is 0 Å². The van der Waals surface area contributed by atoms with Gasteiger partial charge in [0.05, 0.1) is 11.8 Å². The maximum absolute atomic E-state index is 15.1. The first-order valence-electron chi connectivity index (χ1n) is 16.6. The van der Waals surface area contributed by atoms with E-state index in [9.17, 15) is 23.9 Å². The molecule has 5 atom stereocenters. The fraction of sp³-hybridized carbons (Fsp3) is 0.368. The van der Waals surface area contributed by atoms with Gasteiger partial charge in [-0.2, -0.15) is 0 Å². The standard InChI is InChI=1S/C38H40F2N4O5/c1-22(38(2,3)25-16-23-18-28(45)19-24(23)17-25)15-35(46)43-34-21-30(12-13-41-34)49-29-10-11-33(32(40)20-29)42-36(47)31-5-4-14-44(37(31)48)27-8-6-26(39)7-9-27/h4-14,20-25,28,45H,15-19H2,1-3H3,(H,42,47)(H,41,43,46)/t22?,23-,24+,25?,28?. The third-order valence-electron chi connectivity index (χ3n) is 10.5. The van der Waals surface area contributed by atoms with Crippen LogP contribution in [0.25, 0.3) is 5.69 Å². The van der Waals surface area contributed by atoms with Crippen molar-refractivity contribution in [2.45, 2.75) is 59.0 Å². The zero-order valence-electron chi connectivity index (χ0n) is 27.7. The van der Waals surface area contributed by atoms with E-state index in [2.05, 4.69) is 36.4 Å². The molecule has 0 bridgehead atoms. The summed E-state index contributed by atoms with van der Waals surface area (Å²) >= 11 is 0. The minimum Gasteiger partial charge on any atom is -0.457 e. The number of aromatic nitrogens is 2. The number of hydrogen-bond donors (Lipinski definition) is 3. The maximum atomic E-state index is 15.1. The first-order chi connectivity index (χ1) is 23.4. The Labute approximate surface area is 283 Å². The highest BCUT2D eigenvalue weighted by Crippen LogP contribution is 2.54. The Morgan fingerprint density at radius 3 is 2.37 bits per heavy atom. The van der Waals surface area contributed by atoms with Crippen LogP contribution in [0.5, 0.6) is 11.5 Å². The molecule has 2 aliphatic rings. The van der Waals surface area contributed by atoms with E-state index < -0.39 is 23.1 Å². The molecule has 2 fully saturated rings. The van der Waals surface area contributed by atoms with Gasteiger partial charge in [0.1, 0.15) is 34.5 Å². The van der Waals surface area contributed by atoms with E-state index in [1.54, 1.807) is 12.1 Å². The van der Waals surface area contributed by atoms with Crippen LogP contribution in [0.2, 0.25) is 0 Å². The predicted molar refractivity (Wildman–Crippen MR) is 182 cm³/mol. The molecule has 0 spiro atoms. The summed E-state index contributed by atoms with van der Waals surface area (Å²) in [7, 11) is 0. The topological polar surface area (TPSA) is 123 Å². The van der Waals surface area contributed by atoms with Crippen molar-refractivity contribution in [1.29, 1.82) is 0 Å². The number of amides is 2. The van der Waals surface area contributed by atoms with E-state index in [0.29, 0.717) is 41.4 Å². The summed E-state index contributed by atoms with van der Waals surface area (Å²) in [5.74, 6) is 0.336. The Kier molecular flexibility index (Phi) is 9.65. The molecule has 2 aliphatic carbocycles. The normalized spacial score (nSPS) is 20.8. The quantitative estimate of drug-likeness (QED) is 0.162. The molecule has 9 nitrogen and oxygen atoms in total. The summed E-state index contributed by atoms with van der Waals surface area (Å²) in [6.07, 6.45) is 7.07. The van der Waals surface area contributed by atoms with Crippen LogP contribution in [0.15, 0.2) is 83.9 Å². The Hall–Kier alpha value is -4.90. The zero-order valence-corrected chi connectivity index (χ0v) is 27.7. The number of carbonyl (C=O) groups is 2. The maximum Gasteiger partial charge on any atom is 0.267 e. The van der Waals surface area contributed by atoms with Crippen LogP contribution in [0.3, 0.4) is 0 Å². The van der Waals surface area contributed by atoms with Crippen molar-refractivity contribution >= 4 is 23.3 Å². The summed E-state index contributed by atoms with van der Waals surface area (Å²) in [5.41, 5.74) is -0.701. The molecule has 3 N–H and O–H groups in total. The number of halogens is 2. The third-order valence-corrected chi connectivity index (χ3v) is 10.5. The molecule has 2 saturated carbocycles. The Bertz CT molecular complexity index is 1900. The van der Waals surface area contributed by atoms with Crippen LogP contribution < -0.4 is 20.9 Å². The molecule has 0 saturated heterocycles. The molecule has 4 aromatic rings. The molecule has 6 rings (SSSR count). The Morgan fingerprint density at radius 1 is 0.980 bits per heavy atom. The van der Waals surface area contributed by atoms with Crippen LogP contribution in [-0.4, -0.2) is 32.6 Å².